The predicted molar refractivity (Wildman–Crippen MR) is 48.0 cm³/mol. The van der Waals surface area contributed by atoms with Crippen molar-refractivity contribution in [1.82, 2.24) is 0 Å². The molecular weight excluding hydrogens is 120 g/mol. The molecule has 1 aliphatic rings. The molecule has 56 valence electrons. The van der Waals surface area contributed by atoms with Crippen molar-refractivity contribution in [3.8, 4) is 0 Å². The highest BCUT2D eigenvalue weighted by molar-refractivity contribution is 5.28. The summed E-state index contributed by atoms with van der Waals surface area (Å²) in [5.74, 6) is 0. The van der Waals surface area contributed by atoms with Crippen molar-refractivity contribution < 1.29 is 0 Å². The van der Waals surface area contributed by atoms with Crippen LogP contribution in [0.3, 0.4) is 0 Å². The summed E-state index contributed by atoms with van der Waals surface area (Å²) >= 11 is 0. The van der Waals surface area contributed by atoms with E-state index in [4.69, 9.17) is 0 Å². The summed E-state index contributed by atoms with van der Waals surface area (Å²) < 4.78 is 0. The SMILES string of the molecule is C.CC1=CC=C(C)CC=C1. The zero-order valence-corrected chi connectivity index (χ0v) is 6.02. The lowest BCUT2D eigenvalue weighted by Gasteiger charge is -1.86. The van der Waals surface area contributed by atoms with Crippen LogP contribution in [0.2, 0.25) is 0 Å². The third kappa shape index (κ3) is 2.67. The molecule has 0 saturated heterocycles. The van der Waals surface area contributed by atoms with Crippen LogP contribution in [0, 0.1) is 0 Å². The van der Waals surface area contributed by atoms with Gasteiger partial charge in [-0.25, -0.2) is 0 Å². The van der Waals surface area contributed by atoms with E-state index < -0.39 is 0 Å². The molecule has 0 saturated carbocycles. The van der Waals surface area contributed by atoms with Gasteiger partial charge in [-0.15, -0.1) is 0 Å². The van der Waals surface area contributed by atoms with E-state index in [1.165, 1.54) is 11.1 Å². The van der Waals surface area contributed by atoms with Gasteiger partial charge in [0.2, 0.25) is 0 Å². The Morgan fingerprint density at radius 3 is 2.60 bits per heavy atom. The molecular formula is C10H16. The first kappa shape index (κ1) is 9.22. The van der Waals surface area contributed by atoms with Crippen molar-refractivity contribution in [3.05, 3.63) is 35.5 Å². The molecule has 0 aromatic heterocycles. The third-order valence-electron chi connectivity index (χ3n) is 1.45. The average molecular weight is 136 g/mol. The van der Waals surface area contributed by atoms with Crippen molar-refractivity contribution >= 4 is 0 Å². The van der Waals surface area contributed by atoms with Crippen LogP contribution >= 0.6 is 0 Å². The molecule has 0 bridgehead atoms. The molecule has 0 unspecified atom stereocenters. The summed E-state index contributed by atoms with van der Waals surface area (Å²) in [6.45, 7) is 4.27. The molecule has 0 heteroatoms. The van der Waals surface area contributed by atoms with E-state index in [0.717, 1.165) is 6.42 Å². The third-order valence-corrected chi connectivity index (χ3v) is 1.45. The standard InChI is InChI=1S/C9H12.CH4/c1-8-4-3-5-9(2)7-6-8;/h3-4,6-7H,5H2,1-2H3;1H4. The molecule has 0 amide bonds. The lowest BCUT2D eigenvalue weighted by atomic mass is 10.2. The molecule has 0 fully saturated rings. The molecule has 0 aliphatic heterocycles. The zero-order valence-electron chi connectivity index (χ0n) is 6.02. The largest absolute Gasteiger partial charge is 0.0802 e. The van der Waals surface area contributed by atoms with Gasteiger partial charge in [-0.2, -0.15) is 0 Å². The minimum atomic E-state index is 0. The lowest BCUT2D eigenvalue weighted by molar-refractivity contribution is 1.22. The van der Waals surface area contributed by atoms with Crippen molar-refractivity contribution in [3.63, 3.8) is 0 Å². The highest BCUT2D eigenvalue weighted by Gasteiger charge is 1.88. The van der Waals surface area contributed by atoms with Gasteiger partial charge in [0.05, 0.1) is 0 Å². The van der Waals surface area contributed by atoms with Gasteiger partial charge >= 0.3 is 0 Å². The summed E-state index contributed by atoms with van der Waals surface area (Å²) in [6, 6.07) is 0. The van der Waals surface area contributed by atoms with E-state index >= 15 is 0 Å². The maximum Gasteiger partial charge on any atom is -0.0135 e. The first-order chi connectivity index (χ1) is 4.29. The second-order valence-corrected chi connectivity index (χ2v) is 2.53. The van der Waals surface area contributed by atoms with Crippen molar-refractivity contribution in [2.45, 2.75) is 27.7 Å². The molecule has 0 radical (unpaired) electrons. The summed E-state index contributed by atoms with van der Waals surface area (Å²) in [7, 11) is 0. The maximum atomic E-state index is 2.20. The smallest absolute Gasteiger partial charge is 0.0135 e. The predicted octanol–water partition coefficient (Wildman–Crippen LogP) is 3.48. The van der Waals surface area contributed by atoms with Gasteiger partial charge in [-0.05, 0) is 20.3 Å². The second kappa shape index (κ2) is 4.10. The molecule has 0 atom stereocenters. The minimum absolute atomic E-state index is 0. The fourth-order valence-corrected chi connectivity index (χ4v) is 0.828. The van der Waals surface area contributed by atoms with Crippen LogP contribution < -0.4 is 0 Å². The lowest BCUT2D eigenvalue weighted by Crippen LogP contribution is -1.66. The quantitative estimate of drug-likeness (QED) is 0.478. The van der Waals surface area contributed by atoms with Crippen LogP contribution in [0.5, 0.6) is 0 Å². The van der Waals surface area contributed by atoms with E-state index in [9.17, 15) is 0 Å². The van der Waals surface area contributed by atoms with Gasteiger partial charge in [0, 0.05) is 0 Å². The van der Waals surface area contributed by atoms with Gasteiger partial charge in [0.25, 0.3) is 0 Å². The highest BCUT2D eigenvalue weighted by atomic mass is 13.9. The Balaban J connectivity index is 0.000000810. The molecule has 10 heavy (non-hydrogen) atoms. The van der Waals surface area contributed by atoms with E-state index in [2.05, 4.69) is 38.2 Å². The number of allylic oxidation sites excluding steroid dienone is 6. The van der Waals surface area contributed by atoms with Gasteiger partial charge in [-0.1, -0.05) is 42.9 Å². The Morgan fingerprint density at radius 1 is 1.20 bits per heavy atom. The van der Waals surface area contributed by atoms with E-state index in [0.29, 0.717) is 0 Å². The molecule has 0 aromatic rings. The normalized spacial score (nSPS) is 16.6. The Hall–Kier alpha value is -0.780. The monoisotopic (exact) mass is 136 g/mol. The van der Waals surface area contributed by atoms with Gasteiger partial charge in [0.15, 0.2) is 0 Å². The van der Waals surface area contributed by atoms with Crippen molar-refractivity contribution in [2.24, 2.45) is 0 Å². The Bertz CT molecular complexity index is 180. The second-order valence-electron chi connectivity index (χ2n) is 2.53. The number of hydrogen-bond donors (Lipinski definition) is 0. The van der Waals surface area contributed by atoms with Crippen molar-refractivity contribution in [2.75, 3.05) is 0 Å². The molecule has 0 spiro atoms. The summed E-state index contributed by atoms with van der Waals surface area (Å²) in [5, 5.41) is 0. The number of hydrogen-bond acceptors (Lipinski definition) is 0. The molecule has 0 nitrogen and oxygen atoms in total. The van der Waals surface area contributed by atoms with Crippen LogP contribution in [0.1, 0.15) is 27.7 Å². The van der Waals surface area contributed by atoms with Crippen LogP contribution in [0.15, 0.2) is 35.5 Å². The Labute approximate surface area is 64.0 Å². The fourth-order valence-electron chi connectivity index (χ4n) is 0.828. The first-order valence-electron chi connectivity index (χ1n) is 3.29. The maximum absolute atomic E-state index is 2.20. The summed E-state index contributed by atoms with van der Waals surface area (Å²) in [4.78, 5) is 0. The van der Waals surface area contributed by atoms with Crippen LogP contribution in [-0.2, 0) is 0 Å². The van der Waals surface area contributed by atoms with Crippen LogP contribution in [0.25, 0.3) is 0 Å². The zero-order chi connectivity index (χ0) is 6.69. The Kier molecular flexibility index (Phi) is 3.78. The van der Waals surface area contributed by atoms with E-state index in [-0.39, 0.29) is 7.43 Å². The van der Waals surface area contributed by atoms with E-state index in [1.807, 2.05) is 0 Å². The average Bonchev–Trinajstić information content (AvgIpc) is 1.97. The number of rotatable bonds is 0. The summed E-state index contributed by atoms with van der Waals surface area (Å²) in [5.41, 5.74) is 2.77. The topological polar surface area (TPSA) is 0 Å². The summed E-state index contributed by atoms with van der Waals surface area (Å²) in [6.07, 6.45) is 9.79. The van der Waals surface area contributed by atoms with Gasteiger partial charge in [0.1, 0.15) is 0 Å². The molecule has 0 N–H and O–H groups in total. The molecule has 0 heterocycles. The molecule has 1 aliphatic carbocycles. The fraction of sp³-hybridized carbons (Fsp3) is 0.400. The van der Waals surface area contributed by atoms with E-state index in [1.54, 1.807) is 0 Å². The highest BCUT2D eigenvalue weighted by Crippen LogP contribution is 2.08. The van der Waals surface area contributed by atoms with Crippen LogP contribution in [0.4, 0.5) is 0 Å². The minimum Gasteiger partial charge on any atom is -0.0802 e. The van der Waals surface area contributed by atoms with Gasteiger partial charge in [-0.3, -0.25) is 0 Å². The van der Waals surface area contributed by atoms with Crippen LogP contribution in [-0.4, -0.2) is 0 Å². The Morgan fingerprint density at radius 2 is 1.90 bits per heavy atom. The molecule has 1 rings (SSSR count). The van der Waals surface area contributed by atoms with Gasteiger partial charge < -0.3 is 0 Å². The molecule has 0 aromatic carbocycles. The first-order valence-corrected chi connectivity index (χ1v) is 3.29. The van der Waals surface area contributed by atoms with Crippen molar-refractivity contribution in [1.29, 1.82) is 0 Å².